The summed E-state index contributed by atoms with van der Waals surface area (Å²) in [7, 11) is 0. The van der Waals surface area contributed by atoms with Crippen LogP contribution in [0.15, 0.2) is 30.3 Å². The standard InChI is InChI=1S/C17H24N2O3/c20-11-10-18-8-6-17(7-9-18)13-19(14-17)16(21)22-12-15-4-2-1-3-5-15/h1-5,20H,6-14H2. The molecule has 2 aliphatic rings. The van der Waals surface area contributed by atoms with E-state index < -0.39 is 0 Å². The molecule has 2 aliphatic heterocycles. The van der Waals surface area contributed by atoms with Gasteiger partial charge in [-0.1, -0.05) is 30.3 Å². The first kappa shape index (κ1) is 15.3. The van der Waals surface area contributed by atoms with Crippen LogP contribution in [-0.2, 0) is 11.3 Å². The Morgan fingerprint density at radius 1 is 1.18 bits per heavy atom. The summed E-state index contributed by atoms with van der Waals surface area (Å²) in [5, 5.41) is 8.98. The minimum absolute atomic E-state index is 0.202. The van der Waals surface area contributed by atoms with Gasteiger partial charge in [0.1, 0.15) is 6.61 Å². The Labute approximate surface area is 131 Å². The van der Waals surface area contributed by atoms with Crippen LogP contribution in [0.2, 0.25) is 0 Å². The molecule has 0 aliphatic carbocycles. The summed E-state index contributed by atoms with van der Waals surface area (Å²) in [6.07, 6.45) is 2.01. The number of piperidine rings is 1. The molecule has 5 heteroatoms. The van der Waals surface area contributed by atoms with Crippen LogP contribution in [0.3, 0.4) is 0 Å². The van der Waals surface area contributed by atoms with E-state index in [1.807, 2.05) is 35.2 Å². The largest absolute Gasteiger partial charge is 0.445 e. The molecule has 1 aromatic carbocycles. The van der Waals surface area contributed by atoms with Crippen LogP contribution < -0.4 is 0 Å². The molecule has 5 nitrogen and oxygen atoms in total. The van der Waals surface area contributed by atoms with Crippen LogP contribution >= 0.6 is 0 Å². The number of ether oxygens (including phenoxy) is 1. The van der Waals surface area contributed by atoms with Gasteiger partial charge in [-0.05, 0) is 31.5 Å². The summed E-state index contributed by atoms with van der Waals surface area (Å²) in [6.45, 7) is 5.00. The number of amides is 1. The highest BCUT2D eigenvalue weighted by atomic mass is 16.6. The Hall–Kier alpha value is -1.59. The molecule has 0 unspecified atom stereocenters. The van der Waals surface area contributed by atoms with Crippen LogP contribution in [0.4, 0.5) is 4.79 Å². The molecule has 1 aromatic rings. The smallest absolute Gasteiger partial charge is 0.410 e. The van der Waals surface area contributed by atoms with E-state index in [4.69, 9.17) is 9.84 Å². The molecular formula is C17H24N2O3. The summed E-state index contributed by atoms with van der Waals surface area (Å²) >= 11 is 0. The third kappa shape index (κ3) is 3.42. The highest BCUT2D eigenvalue weighted by Gasteiger charge is 2.47. The van der Waals surface area contributed by atoms with Gasteiger partial charge in [-0.2, -0.15) is 0 Å². The Morgan fingerprint density at radius 2 is 1.86 bits per heavy atom. The first-order chi connectivity index (χ1) is 10.7. The zero-order valence-corrected chi connectivity index (χ0v) is 12.9. The fourth-order valence-corrected chi connectivity index (χ4v) is 3.41. The van der Waals surface area contributed by atoms with Crippen LogP contribution in [0.5, 0.6) is 0 Å². The van der Waals surface area contributed by atoms with Gasteiger partial charge in [-0.3, -0.25) is 0 Å². The molecule has 1 N–H and O–H groups in total. The lowest BCUT2D eigenvalue weighted by atomic mass is 9.72. The number of nitrogens with zero attached hydrogens (tertiary/aromatic N) is 2. The first-order valence-corrected chi connectivity index (χ1v) is 8.00. The Morgan fingerprint density at radius 3 is 2.50 bits per heavy atom. The van der Waals surface area contributed by atoms with Crippen molar-refractivity contribution in [2.24, 2.45) is 5.41 Å². The van der Waals surface area contributed by atoms with E-state index in [2.05, 4.69) is 4.90 Å². The number of aliphatic hydroxyl groups excluding tert-OH is 1. The monoisotopic (exact) mass is 304 g/mol. The van der Waals surface area contributed by atoms with Crippen LogP contribution in [0.1, 0.15) is 18.4 Å². The molecule has 2 fully saturated rings. The van der Waals surface area contributed by atoms with Gasteiger partial charge in [0.15, 0.2) is 0 Å². The molecule has 120 valence electrons. The van der Waals surface area contributed by atoms with Crippen molar-refractivity contribution in [1.82, 2.24) is 9.80 Å². The molecule has 0 bridgehead atoms. The Bertz CT molecular complexity index is 490. The Balaban J connectivity index is 1.40. The van der Waals surface area contributed by atoms with Gasteiger partial charge in [0.05, 0.1) is 6.61 Å². The summed E-state index contributed by atoms with van der Waals surface area (Å²) in [5.41, 5.74) is 1.31. The molecule has 2 heterocycles. The Kier molecular flexibility index (Phi) is 4.64. The molecule has 2 saturated heterocycles. The molecule has 1 amide bonds. The number of carbonyl (C=O) groups is 1. The normalized spacial score (nSPS) is 20.7. The number of hydrogen-bond acceptors (Lipinski definition) is 4. The zero-order chi connectivity index (χ0) is 15.4. The van der Waals surface area contributed by atoms with Gasteiger partial charge in [0.25, 0.3) is 0 Å². The van der Waals surface area contributed by atoms with Gasteiger partial charge in [0, 0.05) is 25.0 Å². The fraction of sp³-hybridized carbons (Fsp3) is 0.588. The maximum atomic E-state index is 12.1. The maximum absolute atomic E-state index is 12.1. The number of carbonyl (C=O) groups excluding carboxylic acids is 1. The van der Waals surface area contributed by atoms with Crippen molar-refractivity contribution in [3.8, 4) is 0 Å². The lowest BCUT2D eigenvalue weighted by Crippen LogP contribution is -2.62. The van der Waals surface area contributed by atoms with Gasteiger partial charge in [0.2, 0.25) is 0 Å². The molecule has 1 spiro atoms. The van der Waals surface area contributed by atoms with Crippen molar-refractivity contribution in [3.05, 3.63) is 35.9 Å². The van der Waals surface area contributed by atoms with Crippen molar-refractivity contribution in [2.75, 3.05) is 39.3 Å². The van der Waals surface area contributed by atoms with E-state index in [-0.39, 0.29) is 18.1 Å². The maximum Gasteiger partial charge on any atom is 0.410 e. The average Bonchev–Trinajstić information content (AvgIpc) is 2.53. The predicted molar refractivity (Wildman–Crippen MR) is 83.4 cm³/mol. The van der Waals surface area contributed by atoms with Crippen LogP contribution in [-0.4, -0.2) is 60.3 Å². The summed E-state index contributed by atoms with van der Waals surface area (Å²) in [6, 6.07) is 9.76. The van der Waals surface area contributed by atoms with E-state index in [9.17, 15) is 4.79 Å². The minimum atomic E-state index is -0.202. The van der Waals surface area contributed by atoms with E-state index in [1.165, 1.54) is 0 Å². The fourth-order valence-electron chi connectivity index (χ4n) is 3.41. The second-order valence-electron chi connectivity index (χ2n) is 6.46. The second kappa shape index (κ2) is 6.67. The number of β-amino-alcohol motifs (C(OH)–C–C–N with tert-alkyl or cyclic N) is 1. The van der Waals surface area contributed by atoms with E-state index in [0.29, 0.717) is 6.61 Å². The van der Waals surface area contributed by atoms with Crippen molar-refractivity contribution >= 4 is 6.09 Å². The first-order valence-electron chi connectivity index (χ1n) is 8.00. The molecule has 0 radical (unpaired) electrons. The van der Waals surface area contributed by atoms with Crippen molar-refractivity contribution in [2.45, 2.75) is 19.4 Å². The number of likely N-dealkylation sites (tertiary alicyclic amines) is 2. The van der Waals surface area contributed by atoms with Gasteiger partial charge in [-0.15, -0.1) is 0 Å². The third-order valence-electron chi connectivity index (χ3n) is 4.85. The van der Waals surface area contributed by atoms with Crippen molar-refractivity contribution < 1.29 is 14.6 Å². The third-order valence-corrected chi connectivity index (χ3v) is 4.85. The predicted octanol–water partition coefficient (Wildman–Crippen LogP) is 1.71. The molecule has 0 saturated carbocycles. The van der Waals surface area contributed by atoms with Crippen LogP contribution in [0, 0.1) is 5.41 Å². The number of aliphatic hydroxyl groups is 1. The van der Waals surface area contributed by atoms with Gasteiger partial charge >= 0.3 is 6.09 Å². The molecule has 22 heavy (non-hydrogen) atoms. The van der Waals surface area contributed by atoms with Crippen molar-refractivity contribution in [1.29, 1.82) is 0 Å². The van der Waals surface area contributed by atoms with E-state index in [1.54, 1.807) is 0 Å². The molecular weight excluding hydrogens is 280 g/mol. The van der Waals surface area contributed by atoms with E-state index in [0.717, 1.165) is 51.1 Å². The zero-order valence-electron chi connectivity index (χ0n) is 12.9. The highest BCUT2D eigenvalue weighted by molar-refractivity contribution is 5.69. The second-order valence-corrected chi connectivity index (χ2v) is 6.46. The lowest BCUT2D eigenvalue weighted by molar-refractivity contribution is -0.0443. The number of benzene rings is 1. The minimum Gasteiger partial charge on any atom is -0.445 e. The lowest BCUT2D eigenvalue weighted by Gasteiger charge is -2.53. The van der Waals surface area contributed by atoms with E-state index >= 15 is 0 Å². The number of rotatable bonds is 4. The summed E-state index contributed by atoms with van der Waals surface area (Å²) in [4.78, 5) is 16.2. The summed E-state index contributed by atoms with van der Waals surface area (Å²) < 4.78 is 5.37. The van der Waals surface area contributed by atoms with Crippen LogP contribution in [0.25, 0.3) is 0 Å². The average molecular weight is 304 g/mol. The SMILES string of the molecule is O=C(OCc1ccccc1)N1CC2(CCN(CCO)CC2)C1. The molecule has 0 aromatic heterocycles. The molecule has 0 atom stereocenters. The highest BCUT2D eigenvalue weighted by Crippen LogP contribution is 2.40. The molecule has 3 rings (SSSR count). The summed E-state index contributed by atoms with van der Waals surface area (Å²) in [5.74, 6) is 0. The van der Waals surface area contributed by atoms with Crippen molar-refractivity contribution in [3.63, 3.8) is 0 Å². The topological polar surface area (TPSA) is 53.0 Å². The number of hydrogen-bond donors (Lipinski definition) is 1. The van der Waals surface area contributed by atoms with Gasteiger partial charge in [-0.25, -0.2) is 4.79 Å². The quantitative estimate of drug-likeness (QED) is 0.920. The van der Waals surface area contributed by atoms with Gasteiger partial charge < -0.3 is 19.6 Å².